The van der Waals surface area contributed by atoms with Crippen molar-refractivity contribution in [2.45, 2.75) is 12.8 Å². The summed E-state index contributed by atoms with van der Waals surface area (Å²) in [5, 5.41) is 2.99. The van der Waals surface area contributed by atoms with Crippen LogP contribution in [0.5, 0.6) is 0 Å². The Morgan fingerprint density at radius 2 is 2.33 bits per heavy atom. The third kappa shape index (κ3) is 6.61. The van der Waals surface area contributed by atoms with Crippen LogP contribution in [0.1, 0.15) is 12.0 Å². The molecule has 0 aliphatic heterocycles. The molecule has 0 aromatic heterocycles. The molecule has 0 unspecified atom stereocenters. The molecule has 0 fully saturated rings. The summed E-state index contributed by atoms with van der Waals surface area (Å²) >= 11 is 3.46. The van der Waals surface area contributed by atoms with Crippen LogP contribution >= 0.6 is 15.9 Å². The van der Waals surface area contributed by atoms with Gasteiger partial charge in [0.25, 0.3) is 0 Å². The van der Waals surface area contributed by atoms with Crippen molar-refractivity contribution >= 4 is 21.9 Å². The van der Waals surface area contributed by atoms with Crippen molar-refractivity contribution in [2.24, 2.45) is 10.7 Å². The zero-order valence-corrected chi connectivity index (χ0v) is 12.2. The Morgan fingerprint density at radius 3 is 3.06 bits per heavy atom. The lowest BCUT2D eigenvalue weighted by molar-refractivity contribution is 0.204. The van der Waals surface area contributed by atoms with E-state index in [-0.39, 0.29) is 0 Å². The average molecular weight is 314 g/mol. The number of benzene rings is 1. The maximum absolute atomic E-state index is 5.69. The van der Waals surface area contributed by atoms with Crippen molar-refractivity contribution < 1.29 is 4.74 Å². The van der Waals surface area contributed by atoms with Gasteiger partial charge in [0.05, 0.1) is 6.61 Å². The molecule has 0 aliphatic carbocycles. The van der Waals surface area contributed by atoms with E-state index in [2.05, 4.69) is 38.4 Å². The van der Waals surface area contributed by atoms with E-state index in [1.165, 1.54) is 5.56 Å². The standard InChI is InChI=1S/C13H20BrN3O/c1-18-9-8-17-13(15)16-7-3-5-11-4-2-6-12(14)10-11/h2,4,6,10H,3,5,7-9H2,1H3,(H3,15,16,17). The molecule has 4 nitrogen and oxygen atoms in total. The number of methoxy groups -OCH3 is 1. The molecule has 0 radical (unpaired) electrons. The molecule has 0 amide bonds. The van der Waals surface area contributed by atoms with Gasteiger partial charge in [-0.1, -0.05) is 28.1 Å². The first-order chi connectivity index (χ1) is 8.72. The summed E-state index contributed by atoms with van der Waals surface area (Å²) in [6.45, 7) is 2.06. The van der Waals surface area contributed by atoms with Gasteiger partial charge in [0.2, 0.25) is 0 Å². The Morgan fingerprint density at radius 1 is 1.50 bits per heavy atom. The Bertz CT molecular complexity index is 382. The van der Waals surface area contributed by atoms with Crippen molar-refractivity contribution in [3.05, 3.63) is 34.3 Å². The third-order valence-corrected chi connectivity index (χ3v) is 2.90. The number of guanidine groups is 1. The molecule has 1 aromatic rings. The summed E-state index contributed by atoms with van der Waals surface area (Å²) in [4.78, 5) is 4.25. The van der Waals surface area contributed by atoms with E-state index in [0.717, 1.165) is 23.9 Å². The molecular weight excluding hydrogens is 294 g/mol. The smallest absolute Gasteiger partial charge is 0.188 e. The lowest BCUT2D eigenvalue weighted by atomic mass is 10.1. The largest absolute Gasteiger partial charge is 0.383 e. The first-order valence-corrected chi connectivity index (χ1v) is 6.79. The van der Waals surface area contributed by atoms with E-state index < -0.39 is 0 Å². The van der Waals surface area contributed by atoms with E-state index in [4.69, 9.17) is 10.5 Å². The number of nitrogens with two attached hydrogens (primary N) is 1. The molecule has 0 spiro atoms. The summed E-state index contributed by atoms with van der Waals surface area (Å²) in [6.07, 6.45) is 2.00. The van der Waals surface area contributed by atoms with Crippen LogP contribution in [0, 0.1) is 0 Å². The van der Waals surface area contributed by atoms with Crippen molar-refractivity contribution in [3.63, 3.8) is 0 Å². The monoisotopic (exact) mass is 313 g/mol. The van der Waals surface area contributed by atoms with Crippen LogP contribution in [0.25, 0.3) is 0 Å². The maximum Gasteiger partial charge on any atom is 0.188 e. The number of hydrogen-bond donors (Lipinski definition) is 2. The van der Waals surface area contributed by atoms with E-state index in [1.807, 2.05) is 12.1 Å². The molecule has 100 valence electrons. The van der Waals surface area contributed by atoms with Crippen LogP contribution in [0.15, 0.2) is 33.7 Å². The summed E-state index contributed by atoms with van der Waals surface area (Å²) in [5.74, 6) is 0.487. The fourth-order valence-electron chi connectivity index (χ4n) is 1.51. The Balaban J connectivity index is 2.19. The van der Waals surface area contributed by atoms with E-state index in [0.29, 0.717) is 19.1 Å². The van der Waals surface area contributed by atoms with Crippen LogP contribution in [0.2, 0.25) is 0 Å². The number of nitrogens with one attached hydrogen (secondary N) is 1. The fraction of sp³-hybridized carbons (Fsp3) is 0.462. The van der Waals surface area contributed by atoms with Gasteiger partial charge in [-0.15, -0.1) is 0 Å². The topological polar surface area (TPSA) is 59.6 Å². The molecule has 5 heteroatoms. The van der Waals surface area contributed by atoms with Crippen LogP contribution < -0.4 is 11.1 Å². The van der Waals surface area contributed by atoms with Gasteiger partial charge in [0.15, 0.2) is 5.96 Å². The highest BCUT2D eigenvalue weighted by atomic mass is 79.9. The third-order valence-electron chi connectivity index (χ3n) is 2.41. The fourth-order valence-corrected chi connectivity index (χ4v) is 1.96. The van der Waals surface area contributed by atoms with Gasteiger partial charge in [-0.25, -0.2) is 0 Å². The Hall–Kier alpha value is -1.07. The van der Waals surface area contributed by atoms with Gasteiger partial charge < -0.3 is 15.8 Å². The maximum atomic E-state index is 5.69. The Labute approximate surface area is 117 Å². The van der Waals surface area contributed by atoms with Gasteiger partial charge in [0.1, 0.15) is 0 Å². The van der Waals surface area contributed by atoms with Gasteiger partial charge in [-0.3, -0.25) is 4.99 Å². The molecule has 0 aliphatic rings. The van der Waals surface area contributed by atoms with Crippen molar-refractivity contribution in [1.29, 1.82) is 0 Å². The average Bonchev–Trinajstić information content (AvgIpc) is 2.35. The molecule has 3 N–H and O–H groups in total. The van der Waals surface area contributed by atoms with Crippen LogP contribution in [0.3, 0.4) is 0 Å². The number of hydrogen-bond acceptors (Lipinski definition) is 2. The summed E-state index contributed by atoms with van der Waals surface area (Å²) in [5.41, 5.74) is 7.00. The second-order valence-corrected chi connectivity index (χ2v) is 4.84. The highest BCUT2D eigenvalue weighted by Gasteiger charge is 1.95. The van der Waals surface area contributed by atoms with Crippen molar-refractivity contribution in [2.75, 3.05) is 26.8 Å². The van der Waals surface area contributed by atoms with E-state index >= 15 is 0 Å². The predicted octanol–water partition coefficient (Wildman–Crippen LogP) is 1.93. The van der Waals surface area contributed by atoms with Gasteiger partial charge >= 0.3 is 0 Å². The highest BCUT2D eigenvalue weighted by Crippen LogP contribution is 2.12. The second kappa shape index (κ2) is 8.94. The van der Waals surface area contributed by atoms with Gasteiger partial charge in [0, 0.05) is 24.7 Å². The molecule has 0 heterocycles. The molecule has 1 aromatic carbocycles. The molecule has 0 saturated carbocycles. The molecule has 18 heavy (non-hydrogen) atoms. The van der Waals surface area contributed by atoms with Crippen LogP contribution in [-0.2, 0) is 11.2 Å². The van der Waals surface area contributed by atoms with E-state index in [9.17, 15) is 0 Å². The minimum absolute atomic E-state index is 0.487. The van der Waals surface area contributed by atoms with Gasteiger partial charge in [-0.2, -0.15) is 0 Å². The molecule has 0 atom stereocenters. The predicted molar refractivity (Wildman–Crippen MR) is 78.8 cm³/mol. The lowest BCUT2D eigenvalue weighted by Gasteiger charge is -2.04. The Kier molecular flexibility index (Phi) is 7.44. The minimum Gasteiger partial charge on any atom is -0.383 e. The normalized spacial score (nSPS) is 11.6. The summed E-state index contributed by atoms with van der Waals surface area (Å²) in [6, 6.07) is 8.32. The highest BCUT2D eigenvalue weighted by molar-refractivity contribution is 9.10. The number of nitrogens with zero attached hydrogens (tertiary/aromatic N) is 1. The lowest BCUT2D eigenvalue weighted by Crippen LogP contribution is -2.34. The first kappa shape index (κ1) is 15.0. The molecule has 0 saturated heterocycles. The number of aliphatic imine (C=N–C) groups is 1. The molecule has 1 rings (SSSR count). The van der Waals surface area contributed by atoms with Crippen molar-refractivity contribution in [1.82, 2.24) is 5.32 Å². The van der Waals surface area contributed by atoms with Gasteiger partial charge in [-0.05, 0) is 30.5 Å². The second-order valence-electron chi connectivity index (χ2n) is 3.92. The molecular formula is C13H20BrN3O. The molecule has 0 bridgehead atoms. The van der Waals surface area contributed by atoms with Crippen molar-refractivity contribution in [3.8, 4) is 0 Å². The van der Waals surface area contributed by atoms with Crippen LogP contribution in [0.4, 0.5) is 0 Å². The van der Waals surface area contributed by atoms with E-state index in [1.54, 1.807) is 7.11 Å². The zero-order chi connectivity index (χ0) is 13.2. The first-order valence-electron chi connectivity index (χ1n) is 5.99. The summed E-state index contributed by atoms with van der Waals surface area (Å²) in [7, 11) is 1.66. The zero-order valence-electron chi connectivity index (χ0n) is 10.7. The summed E-state index contributed by atoms with van der Waals surface area (Å²) < 4.78 is 6.02. The minimum atomic E-state index is 0.487. The number of halogens is 1. The number of aryl methyl sites for hydroxylation is 1. The SMILES string of the molecule is COCCNC(N)=NCCCc1cccc(Br)c1. The van der Waals surface area contributed by atoms with Crippen LogP contribution in [-0.4, -0.2) is 32.8 Å². The number of ether oxygens (including phenoxy) is 1. The number of rotatable bonds is 7. The quantitative estimate of drug-likeness (QED) is 0.459.